The van der Waals surface area contributed by atoms with E-state index in [4.69, 9.17) is 4.84 Å². The summed E-state index contributed by atoms with van der Waals surface area (Å²) in [7, 11) is 1.72. The molecule has 2 rings (SSSR count). The van der Waals surface area contributed by atoms with Crippen molar-refractivity contribution in [1.29, 1.82) is 0 Å². The van der Waals surface area contributed by atoms with Crippen LogP contribution in [0.25, 0.3) is 0 Å². The Morgan fingerprint density at radius 2 is 2.12 bits per heavy atom. The summed E-state index contributed by atoms with van der Waals surface area (Å²) in [5, 5.41) is 11.5. The first-order valence-electron chi connectivity index (χ1n) is 4.96. The molecule has 0 atom stereocenters. The fourth-order valence-electron chi connectivity index (χ4n) is 1.22. The number of nitrogens with one attached hydrogen (secondary N) is 1. The molecule has 0 radical (unpaired) electrons. The molecule has 6 nitrogen and oxygen atoms in total. The molecule has 1 heterocycles. The summed E-state index contributed by atoms with van der Waals surface area (Å²) < 4.78 is 0. The molecule has 0 aliphatic heterocycles. The molecular formula is C10H13N5O. The molecule has 6 heteroatoms. The minimum absolute atomic E-state index is 0.445. The van der Waals surface area contributed by atoms with E-state index in [2.05, 4.69) is 20.9 Å². The van der Waals surface area contributed by atoms with Crippen molar-refractivity contribution in [2.24, 2.45) is 7.05 Å². The van der Waals surface area contributed by atoms with Gasteiger partial charge in [-0.1, -0.05) is 30.3 Å². The third-order valence-electron chi connectivity index (χ3n) is 1.96. The van der Waals surface area contributed by atoms with E-state index in [0.717, 1.165) is 5.56 Å². The highest BCUT2D eigenvalue weighted by Crippen LogP contribution is 1.99. The third kappa shape index (κ3) is 3.11. The number of benzene rings is 1. The van der Waals surface area contributed by atoms with Gasteiger partial charge in [0.05, 0.1) is 20.2 Å². The van der Waals surface area contributed by atoms with Crippen LogP contribution in [-0.2, 0) is 25.0 Å². The Balaban J connectivity index is 1.69. The Kier molecular flexibility index (Phi) is 3.58. The van der Waals surface area contributed by atoms with Crippen LogP contribution in [0.15, 0.2) is 30.3 Å². The van der Waals surface area contributed by atoms with E-state index >= 15 is 0 Å². The van der Waals surface area contributed by atoms with Gasteiger partial charge < -0.3 is 0 Å². The van der Waals surface area contributed by atoms with Crippen molar-refractivity contribution in [3.63, 3.8) is 0 Å². The van der Waals surface area contributed by atoms with Crippen LogP contribution in [0, 0.1) is 0 Å². The molecule has 1 aromatic heterocycles. The van der Waals surface area contributed by atoms with E-state index in [1.807, 2.05) is 30.3 Å². The highest BCUT2D eigenvalue weighted by Gasteiger charge is 1.99. The van der Waals surface area contributed by atoms with E-state index in [1.54, 1.807) is 7.05 Å². The second-order valence-corrected chi connectivity index (χ2v) is 3.29. The zero-order valence-corrected chi connectivity index (χ0v) is 9.00. The molecule has 0 saturated carbocycles. The van der Waals surface area contributed by atoms with Crippen LogP contribution < -0.4 is 5.48 Å². The molecule has 0 fully saturated rings. The summed E-state index contributed by atoms with van der Waals surface area (Å²) in [6.45, 7) is 0.960. The average Bonchev–Trinajstić information content (AvgIpc) is 2.72. The molecule has 0 amide bonds. The van der Waals surface area contributed by atoms with E-state index < -0.39 is 0 Å². The lowest BCUT2D eigenvalue weighted by Gasteiger charge is -2.03. The van der Waals surface area contributed by atoms with Gasteiger partial charge in [0, 0.05) is 0 Å². The molecule has 0 aliphatic carbocycles. The van der Waals surface area contributed by atoms with Gasteiger partial charge in [0.15, 0.2) is 5.82 Å². The van der Waals surface area contributed by atoms with E-state index in [9.17, 15) is 0 Å². The van der Waals surface area contributed by atoms with Gasteiger partial charge in [0.25, 0.3) is 0 Å². The smallest absolute Gasteiger partial charge is 0.190 e. The highest BCUT2D eigenvalue weighted by atomic mass is 16.6. The Bertz CT molecular complexity index is 428. The highest BCUT2D eigenvalue weighted by molar-refractivity contribution is 5.13. The predicted octanol–water partition coefficient (Wildman–Crippen LogP) is 0.431. The summed E-state index contributed by atoms with van der Waals surface area (Å²) in [6, 6.07) is 9.93. The lowest BCUT2D eigenvalue weighted by molar-refractivity contribution is 0.0221. The number of nitrogens with zero attached hydrogens (tertiary/aromatic N) is 4. The van der Waals surface area contributed by atoms with Gasteiger partial charge in [-0.2, -0.15) is 10.3 Å². The Morgan fingerprint density at radius 3 is 2.81 bits per heavy atom. The monoisotopic (exact) mass is 219 g/mol. The maximum Gasteiger partial charge on any atom is 0.190 e. The van der Waals surface area contributed by atoms with Crippen LogP contribution in [0.1, 0.15) is 11.4 Å². The topological polar surface area (TPSA) is 64.9 Å². The molecule has 0 bridgehead atoms. The van der Waals surface area contributed by atoms with Crippen LogP contribution >= 0.6 is 0 Å². The Hall–Kier alpha value is -1.79. The molecule has 2 aromatic rings. The third-order valence-corrected chi connectivity index (χ3v) is 1.96. The van der Waals surface area contributed by atoms with Gasteiger partial charge in [-0.3, -0.25) is 4.84 Å². The first kappa shape index (κ1) is 10.7. The maximum atomic E-state index is 5.27. The molecule has 16 heavy (non-hydrogen) atoms. The van der Waals surface area contributed by atoms with Gasteiger partial charge in [-0.05, 0) is 10.8 Å². The predicted molar refractivity (Wildman–Crippen MR) is 56.9 cm³/mol. The van der Waals surface area contributed by atoms with Gasteiger partial charge in [0.2, 0.25) is 0 Å². The molecule has 1 aromatic carbocycles. The van der Waals surface area contributed by atoms with E-state index in [0.29, 0.717) is 19.0 Å². The van der Waals surface area contributed by atoms with Gasteiger partial charge in [0.1, 0.15) is 0 Å². The van der Waals surface area contributed by atoms with Crippen molar-refractivity contribution in [2.75, 3.05) is 0 Å². The normalized spacial score (nSPS) is 10.6. The molecule has 0 unspecified atom stereocenters. The van der Waals surface area contributed by atoms with Crippen LogP contribution in [0.3, 0.4) is 0 Å². The number of rotatable bonds is 5. The fourth-order valence-corrected chi connectivity index (χ4v) is 1.22. The quantitative estimate of drug-likeness (QED) is 0.583. The van der Waals surface area contributed by atoms with Crippen molar-refractivity contribution in [2.45, 2.75) is 13.2 Å². The lowest BCUT2D eigenvalue weighted by Crippen LogP contribution is -2.15. The van der Waals surface area contributed by atoms with Crippen LogP contribution in [-0.4, -0.2) is 20.2 Å². The minimum Gasteiger partial charge on any atom is -0.297 e. The number of tetrazole rings is 1. The van der Waals surface area contributed by atoms with E-state index in [-0.39, 0.29) is 0 Å². The summed E-state index contributed by atoms with van der Waals surface area (Å²) in [5.74, 6) is 0.607. The van der Waals surface area contributed by atoms with Crippen LogP contribution in [0.4, 0.5) is 0 Å². The molecule has 0 spiro atoms. The number of hydroxylamine groups is 1. The van der Waals surface area contributed by atoms with E-state index in [1.165, 1.54) is 4.80 Å². The summed E-state index contributed by atoms with van der Waals surface area (Å²) in [5.41, 5.74) is 3.90. The molecular weight excluding hydrogens is 206 g/mol. The number of aromatic nitrogens is 4. The number of hydrogen-bond donors (Lipinski definition) is 1. The minimum atomic E-state index is 0.445. The van der Waals surface area contributed by atoms with Gasteiger partial charge >= 0.3 is 0 Å². The molecule has 84 valence electrons. The molecule has 0 aliphatic rings. The fraction of sp³-hybridized carbons (Fsp3) is 0.300. The van der Waals surface area contributed by atoms with Crippen molar-refractivity contribution in [3.05, 3.63) is 41.7 Å². The van der Waals surface area contributed by atoms with Crippen molar-refractivity contribution in [3.8, 4) is 0 Å². The SMILES string of the molecule is Cn1nnc(CNOCc2ccccc2)n1. The molecule has 0 saturated heterocycles. The summed E-state index contributed by atoms with van der Waals surface area (Å²) in [6.07, 6.45) is 0. The van der Waals surface area contributed by atoms with Crippen molar-refractivity contribution < 1.29 is 4.84 Å². The Labute approximate surface area is 93.2 Å². The van der Waals surface area contributed by atoms with Crippen LogP contribution in [0.2, 0.25) is 0 Å². The summed E-state index contributed by atoms with van der Waals surface area (Å²) >= 11 is 0. The summed E-state index contributed by atoms with van der Waals surface area (Å²) in [4.78, 5) is 6.68. The number of hydrogen-bond acceptors (Lipinski definition) is 5. The van der Waals surface area contributed by atoms with Crippen molar-refractivity contribution in [1.82, 2.24) is 25.7 Å². The van der Waals surface area contributed by atoms with Crippen molar-refractivity contribution >= 4 is 0 Å². The first-order valence-corrected chi connectivity index (χ1v) is 4.96. The molecule has 1 N–H and O–H groups in total. The second-order valence-electron chi connectivity index (χ2n) is 3.29. The zero-order valence-electron chi connectivity index (χ0n) is 9.00. The Morgan fingerprint density at radius 1 is 1.31 bits per heavy atom. The standard InChI is InChI=1S/C10H13N5O/c1-15-13-10(12-14-15)7-11-16-8-9-5-3-2-4-6-9/h2-6,11H,7-8H2,1H3. The second kappa shape index (κ2) is 5.34. The lowest BCUT2D eigenvalue weighted by atomic mass is 10.2. The largest absolute Gasteiger partial charge is 0.297 e. The number of aryl methyl sites for hydroxylation is 1. The maximum absolute atomic E-state index is 5.27. The average molecular weight is 219 g/mol. The van der Waals surface area contributed by atoms with Gasteiger partial charge in [-0.15, -0.1) is 10.2 Å². The zero-order chi connectivity index (χ0) is 11.2. The van der Waals surface area contributed by atoms with Crippen LogP contribution in [0.5, 0.6) is 0 Å². The first-order chi connectivity index (χ1) is 7.84. The van der Waals surface area contributed by atoms with Gasteiger partial charge in [-0.25, -0.2) is 0 Å².